The summed E-state index contributed by atoms with van der Waals surface area (Å²) in [5.41, 5.74) is 2.12. The number of benzene rings is 2. The number of pyridine rings is 1. The summed E-state index contributed by atoms with van der Waals surface area (Å²) in [5, 5.41) is 5.58. The third-order valence-corrected chi connectivity index (χ3v) is 3.88. The number of rotatable bonds is 4. The van der Waals surface area contributed by atoms with Crippen LogP contribution in [0.5, 0.6) is 0 Å². The summed E-state index contributed by atoms with van der Waals surface area (Å²) in [6, 6.07) is 17.5. The molecule has 25 heavy (non-hydrogen) atoms. The lowest BCUT2D eigenvalue weighted by atomic mass is 10.1. The lowest BCUT2D eigenvalue weighted by Gasteiger charge is -2.09. The van der Waals surface area contributed by atoms with E-state index in [4.69, 9.17) is 0 Å². The molecule has 0 saturated heterocycles. The zero-order valence-corrected chi connectivity index (χ0v) is 14.7. The third kappa shape index (κ3) is 4.51. The van der Waals surface area contributed by atoms with Crippen LogP contribution in [0.3, 0.4) is 0 Å². The number of hydrogen-bond acceptors (Lipinski definition) is 3. The quantitative estimate of drug-likeness (QED) is 0.689. The zero-order chi connectivity index (χ0) is 17.6. The van der Waals surface area contributed by atoms with Gasteiger partial charge in [-0.05, 0) is 48.5 Å². The maximum Gasteiger partial charge on any atom is 0.257 e. The molecular formula is C19H14BrN3O2. The fourth-order valence-electron chi connectivity index (χ4n) is 2.21. The molecule has 2 amide bonds. The Morgan fingerprint density at radius 1 is 0.800 bits per heavy atom. The van der Waals surface area contributed by atoms with E-state index in [1.165, 1.54) is 6.20 Å². The Hall–Kier alpha value is -2.99. The average molecular weight is 396 g/mol. The number of anilines is 2. The Labute approximate surface area is 153 Å². The summed E-state index contributed by atoms with van der Waals surface area (Å²) in [5.74, 6) is -0.534. The molecule has 0 unspecified atom stereocenters. The number of nitrogens with one attached hydrogen (secondary N) is 2. The van der Waals surface area contributed by atoms with Gasteiger partial charge in [-0.15, -0.1) is 0 Å². The monoisotopic (exact) mass is 395 g/mol. The van der Waals surface area contributed by atoms with Gasteiger partial charge in [0.15, 0.2) is 0 Å². The van der Waals surface area contributed by atoms with E-state index in [0.717, 1.165) is 4.47 Å². The summed E-state index contributed by atoms with van der Waals surface area (Å²) in [6.45, 7) is 0. The van der Waals surface area contributed by atoms with Crippen LogP contribution in [0.1, 0.15) is 20.7 Å². The lowest BCUT2D eigenvalue weighted by molar-refractivity contribution is 0.101. The molecule has 0 atom stereocenters. The van der Waals surface area contributed by atoms with Crippen LogP contribution in [0.25, 0.3) is 0 Å². The molecule has 0 radical (unpaired) electrons. The molecule has 1 aromatic heterocycles. The van der Waals surface area contributed by atoms with Crippen LogP contribution < -0.4 is 10.6 Å². The number of amides is 2. The van der Waals surface area contributed by atoms with Gasteiger partial charge in [0, 0.05) is 33.8 Å². The predicted molar refractivity (Wildman–Crippen MR) is 101 cm³/mol. The number of halogens is 1. The molecule has 3 aromatic rings. The topological polar surface area (TPSA) is 71.1 Å². The molecule has 0 saturated carbocycles. The van der Waals surface area contributed by atoms with Gasteiger partial charge >= 0.3 is 0 Å². The van der Waals surface area contributed by atoms with E-state index in [-0.39, 0.29) is 11.8 Å². The molecule has 0 aliphatic carbocycles. The fraction of sp³-hybridized carbons (Fsp3) is 0. The number of nitrogens with zero attached hydrogens (tertiary/aromatic N) is 1. The fourth-order valence-corrected chi connectivity index (χ4v) is 2.61. The van der Waals surface area contributed by atoms with Crippen LogP contribution in [-0.4, -0.2) is 16.8 Å². The van der Waals surface area contributed by atoms with Gasteiger partial charge in [0.05, 0.1) is 5.56 Å². The predicted octanol–water partition coefficient (Wildman–Crippen LogP) is 4.35. The summed E-state index contributed by atoms with van der Waals surface area (Å²) in [7, 11) is 0. The maximum absolute atomic E-state index is 12.4. The summed E-state index contributed by atoms with van der Waals surface area (Å²) in [4.78, 5) is 28.5. The zero-order valence-electron chi connectivity index (χ0n) is 13.1. The molecule has 124 valence electrons. The maximum atomic E-state index is 12.4. The van der Waals surface area contributed by atoms with E-state index < -0.39 is 0 Å². The molecule has 1 heterocycles. The van der Waals surface area contributed by atoms with Gasteiger partial charge in [-0.3, -0.25) is 14.6 Å². The van der Waals surface area contributed by atoms with Gasteiger partial charge in [0.2, 0.25) is 0 Å². The highest BCUT2D eigenvalue weighted by Crippen LogP contribution is 2.18. The van der Waals surface area contributed by atoms with Crippen molar-refractivity contribution in [3.8, 4) is 0 Å². The molecule has 6 heteroatoms. The van der Waals surface area contributed by atoms with Crippen molar-refractivity contribution in [2.24, 2.45) is 0 Å². The van der Waals surface area contributed by atoms with E-state index in [1.54, 1.807) is 48.7 Å². The van der Waals surface area contributed by atoms with Gasteiger partial charge in [-0.2, -0.15) is 0 Å². The van der Waals surface area contributed by atoms with Crippen LogP contribution in [0, 0.1) is 0 Å². The second-order valence-corrected chi connectivity index (χ2v) is 6.16. The van der Waals surface area contributed by atoms with Crippen molar-refractivity contribution in [2.75, 3.05) is 10.6 Å². The molecule has 0 fully saturated rings. The highest BCUT2D eigenvalue weighted by atomic mass is 79.9. The summed E-state index contributed by atoms with van der Waals surface area (Å²) < 4.78 is 0.878. The normalized spacial score (nSPS) is 10.1. The largest absolute Gasteiger partial charge is 0.322 e. The standard InChI is InChI=1S/C19H14BrN3O2/c20-15-6-2-8-17(11-15)23-18(24)13-4-1-7-16(10-13)22-19(25)14-5-3-9-21-12-14/h1-12H,(H,22,25)(H,23,24). The highest BCUT2D eigenvalue weighted by Gasteiger charge is 2.10. The van der Waals surface area contributed by atoms with Crippen LogP contribution >= 0.6 is 15.9 Å². The van der Waals surface area contributed by atoms with E-state index in [2.05, 4.69) is 31.5 Å². The molecular weight excluding hydrogens is 382 g/mol. The first-order chi connectivity index (χ1) is 12.1. The molecule has 2 N–H and O–H groups in total. The van der Waals surface area contributed by atoms with Crippen LogP contribution in [0.15, 0.2) is 77.5 Å². The number of hydrogen-bond donors (Lipinski definition) is 2. The number of aromatic nitrogens is 1. The van der Waals surface area contributed by atoms with Crippen LogP contribution in [0.4, 0.5) is 11.4 Å². The van der Waals surface area contributed by atoms with Gasteiger partial charge in [-0.25, -0.2) is 0 Å². The third-order valence-electron chi connectivity index (χ3n) is 3.39. The van der Waals surface area contributed by atoms with E-state index >= 15 is 0 Å². The minimum absolute atomic E-state index is 0.254. The van der Waals surface area contributed by atoms with Crippen molar-refractivity contribution in [1.82, 2.24) is 4.98 Å². The summed E-state index contributed by atoms with van der Waals surface area (Å²) in [6.07, 6.45) is 3.09. The van der Waals surface area contributed by atoms with E-state index in [1.807, 2.05) is 18.2 Å². The van der Waals surface area contributed by atoms with Gasteiger partial charge in [0.1, 0.15) is 0 Å². The molecule has 3 rings (SSSR count). The second-order valence-electron chi connectivity index (χ2n) is 5.24. The molecule has 0 bridgehead atoms. The van der Waals surface area contributed by atoms with E-state index in [0.29, 0.717) is 22.5 Å². The summed E-state index contributed by atoms with van der Waals surface area (Å²) >= 11 is 3.37. The number of carbonyl (C=O) groups is 2. The first-order valence-electron chi connectivity index (χ1n) is 7.50. The number of carbonyl (C=O) groups excluding carboxylic acids is 2. The van der Waals surface area contributed by atoms with Crippen molar-refractivity contribution in [3.63, 3.8) is 0 Å². The van der Waals surface area contributed by atoms with Crippen molar-refractivity contribution >= 4 is 39.1 Å². The van der Waals surface area contributed by atoms with Crippen molar-refractivity contribution in [2.45, 2.75) is 0 Å². The van der Waals surface area contributed by atoms with Crippen LogP contribution in [0.2, 0.25) is 0 Å². The second kappa shape index (κ2) is 7.72. The van der Waals surface area contributed by atoms with Gasteiger partial charge in [0.25, 0.3) is 11.8 Å². The Kier molecular flexibility index (Phi) is 5.20. The van der Waals surface area contributed by atoms with Gasteiger partial charge in [-0.1, -0.05) is 28.1 Å². The van der Waals surface area contributed by atoms with Crippen molar-refractivity contribution in [1.29, 1.82) is 0 Å². The van der Waals surface area contributed by atoms with Gasteiger partial charge < -0.3 is 10.6 Å². The Bertz CT molecular complexity index is 913. The average Bonchev–Trinajstić information content (AvgIpc) is 2.62. The minimum atomic E-state index is -0.280. The molecule has 0 aliphatic rings. The lowest BCUT2D eigenvalue weighted by Crippen LogP contribution is -2.14. The van der Waals surface area contributed by atoms with E-state index in [9.17, 15) is 9.59 Å². The minimum Gasteiger partial charge on any atom is -0.322 e. The first-order valence-corrected chi connectivity index (χ1v) is 8.29. The Morgan fingerprint density at radius 2 is 1.44 bits per heavy atom. The molecule has 2 aromatic carbocycles. The molecule has 0 aliphatic heterocycles. The first kappa shape index (κ1) is 16.9. The van der Waals surface area contributed by atoms with Crippen molar-refractivity contribution < 1.29 is 9.59 Å². The smallest absolute Gasteiger partial charge is 0.257 e. The Balaban J connectivity index is 1.72. The van der Waals surface area contributed by atoms with Crippen molar-refractivity contribution in [3.05, 3.63) is 88.7 Å². The molecule has 5 nitrogen and oxygen atoms in total. The SMILES string of the molecule is O=C(Nc1cccc(C(=O)Nc2cccc(Br)c2)c1)c1cccnc1. The highest BCUT2D eigenvalue weighted by molar-refractivity contribution is 9.10. The molecule has 0 spiro atoms. The Morgan fingerprint density at radius 3 is 2.12 bits per heavy atom. The van der Waals surface area contributed by atoms with Crippen LogP contribution in [-0.2, 0) is 0 Å².